The van der Waals surface area contributed by atoms with Crippen LogP contribution in [0.2, 0.25) is 0 Å². The third-order valence-electron chi connectivity index (χ3n) is 4.40. The predicted octanol–water partition coefficient (Wildman–Crippen LogP) is 2.40. The Hall–Kier alpha value is -3.04. The number of hydrogen-bond donors (Lipinski definition) is 2. The van der Waals surface area contributed by atoms with Gasteiger partial charge in [-0.15, -0.1) is 11.3 Å². The van der Waals surface area contributed by atoms with Gasteiger partial charge in [0.2, 0.25) is 0 Å². The van der Waals surface area contributed by atoms with Crippen molar-refractivity contribution in [2.24, 2.45) is 0 Å². The third kappa shape index (κ3) is 5.31. The van der Waals surface area contributed by atoms with Crippen molar-refractivity contribution in [3.8, 4) is 0 Å². The Bertz CT molecular complexity index is 1100. The fraction of sp³-hybridized carbons (Fsp3) is 0.190. The molecule has 2 aromatic heterocycles. The number of benzene rings is 1. The molecule has 0 aliphatic carbocycles. The maximum absolute atomic E-state index is 13.2. The lowest BCUT2D eigenvalue weighted by Gasteiger charge is -2.17. The molecule has 9 heteroatoms. The molecule has 0 fully saturated rings. The first-order valence-electron chi connectivity index (χ1n) is 9.18. The lowest BCUT2D eigenvalue weighted by Crippen LogP contribution is -2.42. The summed E-state index contributed by atoms with van der Waals surface area (Å²) in [7, 11) is -3.76. The Balaban J connectivity index is 1.69. The minimum atomic E-state index is -3.76. The number of nitrogens with one attached hydrogen (secondary N) is 2. The number of carbonyl (C=O) groups is 2. The molecule has 2 N–H and O–H groups in total. The van der Waals surface area contributed by atoms with Crippen molar-refractivity contribution in [3.05, 3.63) is 82.3 Å². The van der Waals surface area contributed by atoms with E-state index in [1.54, 1.807) is 66.2 Å². The Kier molecular flexibility index (Phi) is 6.96. The summed E-state index contributed by atoms with van der Waals surface area (Å²) in [4.78, 5) is 29.1. The maximum Gasteiger partial charge on any atom is 0.309 e. The van der Waals surface area contributed by atoms with E-state index in [9.17, 15) is 18.0 Å². The van der Waals surface area contributed by atoms with Crippen molar-refractivity contribution in [3.63, 3.8) is 0 Å². The topological polar surface area (TPSA) is 105 Å². The SMILES string of the molecule is Cc1ccc(S(=O)(=O)C(CNC(=O)C(=O)NCc2ccccn2)c2cccs2)cc1. The molecule has 2 amide bonds. The van der Waals surface area contributed by atoms with E-state index < -0.39 is 26.9 Å². The number of carbonyl (C=O) groups excluding carboxylic acids is 2. The van der Waals surface area contributed by atoms with Crippen LogP contribution in [0.5, 0.6) is 0 Å². The Labute approximate surface area is 179 Å². The molecule has 3 aromatic rings. The molecule has 0 aliphatic heterocycles. The Morgan fingerprint density at radius 1 is 1.00 bits per heavy atom. The molecule has 0 aliphatic rings. The van der Waals surface area contributed by atoms with E-state index in [0.29, 0.717) is 10.6 Å². The highest BCUT2D eigenvalue weighted by Gasteiger charge is 2.31. The highest BCUT2D eigenvalue weighted by Crippen LogP contribution is 2.31. The molecular formula is C21H21N3O4S2. The molecule has 0 saturated carbocycles. The molecule has 0 saturated heterocycles. The average Bonchev–Trinajstić information content (AvgIpc) is 3.27. The number of pyridine rings is 1. The number of hydrogen-bond acceptors (Lipinski definition) is 6. The van der Waals surface area contributed by atoms with Gasteiger partial charge in [-0.05, 0) is 42.6 Å². The van der Waals surface area contributed by atoms with Crippen molar-refractivity contribution in [2.45, 2.75) is 23.6 Å². The van der Waals surface area contributed by atoms with Crippen LogP contribution >= 0.6 is 11.3 Å². The van der Waals surface area contributed by atoms with Gasteiger partial charge < -0.3 is 10.6 Å². The smallest absolute Gasteiger partial charge is 0.309 e. The van der Waals surface area contributed by atoms with E-state index in [2.05, 4.69) is 15.6 Å². The van der Waals surface area contributed by atoms with E-state index in [0.717, 1.165) is 5.56 Å². The van der Waals surface area contributed by atoms with Crippen LogP contribution in [-0.2, 0) is 26.0 Å². The van der Waals surface area contributed by atoms with Gasteiger partial charge in [0, 0.05) is 17.6 Å². The molecule has 1 atom stereocenters. The van der Waals surface area contributed by atoms with E-state index >= 15 is 0 Å². The van der Waals surface area contributed by atoms with E-state index in [4.69, 9.17) is 0 Å². The number of aromatic nitrogens is 1. The van der Waals surface area contributed by atoms with Gasteiger partial charge in [0.1, 0.15) is 5.25 Å². The number of aryl methyl sites for hydroxylation is 1. The van der Waals surface area contributed by atoms with Crippen molar-refractivity contribution in [1.29, 1.82) is 0 Å². The highest BCUT2D eigenvalue weighted by molar-refractivity contribution is 7.91. The minimum Gasteiger partial charge on any atom is -0.346 e. The largest absolute Gasteiger partial charge is 0.346 e. The van der Waals surface area contributed by atoms with Crippen molar-refractivity contribution < 1.29 is 18.0 Å². The fourth-order valence-electron chi connectivity index (χ4n) is 2.75. The molecule has 3 rings (SSSR count). The Morgan fingerprint density at radius 3 is 2.37 bits per heavy atom. The fourth-order valence-corrected chi connectivity index (χ4v) is 5.53. The summed E-state index contributed by atoms with van der Waals surface area (Å²) in [6.45, 7) is 1.76. The lowest BCUT2D eigenvalue weighted by molar-refractivity contribution is -0.139. The van der Waals surface area contributed by atoms with Gasteiger partial charge in [0.15, 0.2) is 9.84 Å². The molecule has 7 nitrogen and oxygen atoms in total. The Morgan fingerprint density at radius 2 is 1.73 bits per heavy atom. The summed E-state index contributed by atoms with van der Waals surface area (Å²) in [6.07, 6.45) is 1.59. The molecule has 30 heavy (non-hydrogen) atoms. The maximum atomic E-state index is 13.2. The first-order chi connectivity index (χ1) is 14.4. The van der Waals surface area contributed by atoms with Gasteiger partial charge in [-0.25, -0.2) is 8.42 Å². The molecule has 0 radical (unpaired) electrons. The zero-order valence-electron chi connectivity index (χ0n) is 16.2. The van der Waals surface area contributed by atoms with Crippen molar-refractivity contribution in [1.82, 2.24) is 15.6 Å². The second-order valence-electron chi connectivity index (χ2n) is 6.58. The van der Waals surface area contributed by atoms with Crippen molar-refractivity contribution >= 4 is 33.0 Å². The average molecular weight is 444 g/mol. The molecule has 0 spiro atoms. The third-order valence-corrected chi connectivity index (χ3v) is 7.63. The highest BCUT2D eigenvalue weighted by atomic mass is 32.2. The summed E-state index contributed by atoms with van der Waals surface area (Å²) in [5.41, 5.74) is 1.55. The predicted molar refractivity (Wildman–Crippen MR) is 115 cm³/mol. The van der Waals surface area contributed by atoms with Gasteiger partial charge in [0.05, 0.1) is 17.1 Å². The van der Waals surface area contributed by atoms with Gasteiger partial charge in [-0.3, -0.25) is 14.6 Å². The number of amides is 2. The first kappa shape index (κ1) is 21.7. The lowest BCUT2D eigenvalue weighted by atomic mass is 10.2. The summed E-state index contributed by atoms with van der Waals surface area (Å²) >= 11 is 1.28. The van der Waals surface area contributed by atoms with Gasteiger partial charge in [-0.1, -0.05) is 29.8 Å². The van der Waals surface area contributed by atoms with Gasteiger partial charge >= 0.3 is 11.8 Å². The van der Waals surface area contributed by atoms with Crippen LogP contribution in [0.3, 0.4) is 0 Å². The molecule has 1 unspecified atom stereocenters. The molecule has 1 aromatic carbocycles. The van der Waals surface area contributed by atoms with Crippen LogP contribution in [0.15, 0.2) is 71.1 Å². The standard InChI is InChI=1S/C21H21N3O4S2/c1-15-7-9-17(10-8-15)30(27,28)19(18-6-4-12-29-18)14-24-21(26)20(25)23-13-16-5-2-3-11-22-16/h2-12,19H,13-14H2,1H3,(H,23,25)(H,24,26). The molecule has 156 valence electrons. The monoisotopic (exact) mass is 443 g/mol. The number of nitrogens with zero attached hydrogens (tertiary/aromatic N) is 1. The first-order valence-corrected chi connectivity index (χ1v) is 11.6. The summed E-state index contributed by atoms with van der Waals surface area (Å²) in [5.74, 6) is -1.75. The zero-order chi connectivity index (χ0) is 21.6. The minimum absolute atomic E-state index is 0.100. The summed E-state index contributed by atoms with van der Waals surface area (Å²) in [6, 6.07) is 15.2. The number of sulfone groups is 1. The van der Waals surface area contributed by atoms with Crippen LogP contribution in [0.25, 0.3) is 0 Å². The molecular weight excluding hydrogens is 422 g/mol. The van der Waals surface area contributed by atoms with Crippen LogP contribution < -0.4 is 10.6 Å². The van der Waals surface area contributed by atoms with Crippen LogP contribution in [0.1, 0.15) is 21.4 Å². The van der Waals surface area contributed by atoms with Crippen LogP contribution in [0, 0.1) is 6.92 Å². The summed E-state index contributed by atoms with van der Waals surface area (Å²) in [5, 5.41) is 5.70. The summed E-state index contributed by atoms with van der Waals surface area (Å²) < 4.78 is 26.4. The quantitative estimate of drug-likeness (QED) is 0.546. The van der Waals surface area contributed by atoms with Crippen LogP contribution in [0.4, 0.5) is 0 Å². The number of rotatable bonds is 7. The molecule has 2 heterocycles. The second kappa shape index (κ2) is 9.64. The van der Waals surface area contributed by atoms with Gasteiger partial charge in [0.25, 0.3) is 0 Å². The normalized spacial score (nSPS) is 12.2. The molecule has 0 bridgehead atoms. The van der Waals surface area contributed by atoms with Gasteiger partial charge in [-0.2, -0.15) is 0 Å². The zero-order valence-corrected chi connectivity index (χ0v) is 17.9. The van der Waals surface area contributed by atoms with Crippen molar-refractivity contribution in [2.75, 3.05) is 6.54 Å². The van der Waals surface area contributed by atoms with E-state index in [1.807, 2.05) is 6.92 Å². The second-order valence-corrected chi connectivity index (χ2v) is 9.69. The number of thiophene rings is 1. The van der Waals surface area contributed by atoms with Crippen LogP contribution in [-0.4, -0.2) is 31.8 Å². The van der Waals surface area contributed by atoms with E-state index in [-0.39, 0.29) is 18.0 Å². The van der Waals surface area contributed by atoms with E-state index in [1.165, 1.54) is 11.3 Å².